The molecule has 0 radical (unpaired) electrons. The van der Waals surface area contributed by atoms with Crippen LogP contribution in [0.4, 0.5) is 0 Å². The molecule has 7 heteroatoms. The van der Waals surface area contributed by atoms with Gasteiger partial charge in [-0.25, -0.2) is 4.98 Å². The summed E-state index contributed by atoms with van der Waals surface area (Å²) in [6, 6.07) is 11.8. The Morgan fingerprint density at radius 3 is 2.88 bits per heavy atom. The predicted molar refractivity (Wildman–Crippen MR) is 105 cm³/mol. The molecule has 0 saturated heterocycles. The third-order valence-corrected chi connectivity index (χ3v) is 6.05. The van der Waals surface area contributed by atoms with Gasteiger partial charge in [-0.15, -0.1) is 22.7 Å². The maximum atomic E-state index is 12.4. The topological polar surface area (TPSA) is 33.2 Å². The van der Waals surface area contributed by atoms with Gasteiger partial charge in [0.2, 0.25) is 5.91 Å². The van der Waals surface area contributed by atoms with Crippen molar-refractivity contribution < 1.29 is 4.79 Å². The van der Waals surface area contributed by atoms with Crippen molar-refractivity contribution in [2.45, 2.75) is 13.0 Å². The maximum absolute atomic E-state index is 12.4. The fourth-order valence-electron chi connectivity index (χ4n) is 2.19. The summed E-state index contributed by atoms with van der Waals surface area (Å²) in [7, 11) is 1.80. The molecule has 0 aliphatic rings. The van der Waals surface area contributed by atoms with E-state index < -0.39 is 0 Å². The molecule has 24 heavy (non-hydrogen) atoms. The number of thiophene rings is 1. The van der Waals surface area contributed by atoms with E-state index in [2.05, 4.69) is 20.9 Å². The lowest BCUT2D eigenvalue weighted by atomic mass is 10.2. The number of nitrogens with zero attached hydrogens (tertiary/aromatic N) is 2. The van der Waals surface area contributed by atoms with E-state index in [9.17, 15) is 4.79 Å². The Hall–Kier alpha value is -1.21. The van der Waals surface area contributed by atoms with Gasteiger partial charge in [-0.2, -0.15) is 0 Å². The molecule has 0 N–H and O–H groups in total. The normalized spacial score (nSPS) is 10.8. The Morgan fingerprint density at radius 1 is 1.33 bits per heavy atom. The highest BCUT2D eigenvalue weighted by atomic mass is 79.9. The van der Waals surface area contributed by atoms with E-state index in [4.69, 9.17) is 11.6 Å². The van der Waals surface area contributed by atoms with Gasteiger partial charge in [0.1, 0.15) is 5.01 Å². The van der Waals surface area contributed by atoms with Gasteiger partial charge in [-0.05, 0) is 24.3 Å². The van der Waals surface area contributed by atoms with Crippen molar-refractivity contribution in [2.24, 2.45) is 0 Å². The molecule has 3 rings (SSSR count). The monoisotopic (exact) mass is 440 g/mol. The number of thiazole rings is 1. The minimum atomic E-state index is 0.0469. The van der Waals surface area contributed by atoms with E-state index in [1.165, 1.54) is 11.3 Å². The first kappa shape index (κ1) is 17.6. The van der Waals surface area contributed by atoms with Crippen LogP contribution >= 0.6 is 50.2 Å². The fraction of sp³-hybridized carbons (Fsp3) is 0.176. The maximum Gasteiger partial charge on any atom is 0.228 e. The third kappa shape index (κ3) is 4.45. The van der Waals surface area contributed by atoms with Gasteiger partial charge in [0.25, 0.3) is 0 Å². The number of amides is 1. The summed E-state index contributed by atoms with van der Waals surface area (Å²) < 4.78 is 1.76. The zero-order chi connectivity index (χ0) is 17.1. The van der Waals surface area contributed by atoms with Gasteiger partial charge in [0.05, 0.1) is 23.0 Å². The molecule has 3 aromatic rings. The number of carbonyl (C=O) groups excluding carboxylic acids is 1. The molecule has 0 aliphatic heterocycles. The van der Waals surface area contributed by atoms with Crippen LogP contribution in [0.15, 0.2) is 46.3 Å². The first-order chi connectivity index (χ1) is 11.5. The second kappa shape index (κ2) is 7.78. The van der Waals surface area contributed by atoms with Crippen molar-refractivity contribution in [1.82, 2.24) is 9.88 Å². The summed E-state index contributed by atoms with van der Waals surface area (Å²) in [5, 5.41) is 2.87. The van der Waals surface area contributed by atoms with Crippen LogP contribution in [0, 0.1) is 0 Å². The lowest BCUT2D eigenvalue weighted by Gasteiger charge is -2.15. The van der Waals surface area contributed by atoms with Crippen molar-refractivity contribution in [3.05, 3.63) is 61.2 Å². The van der Waals surface area contributed by atoms with E-state index in [1.807, 2.05) is 41.8 Å². The summed E-state index contributed by atoms with van der Waals surface area (Å²) in [6.07, 6.45) is 0.306. The number of carbonyl (C=O) groups is 1. The number of likely N-dealkylation sites (N-methyl/N-ethyl adjacent to an activating group) is 1. The molecular weight excluding hydrogens is 428 g/mol. The number of halogens is 2. The van der Waals surface area contributed by atoms with Crippen molar-refractivity contribution in [3.8, 4) is 10.6 Å². The number of benzene rings is 1. The van der Waals surface area contributed by atoms with E-state index in [-0.39, 0.29) is 5.91 Å². The molecular formula is C17H14BrClN2OS2. The van der Waals surface area contributed by atoms with E-state index in [0.29, 0.717) is 13.0 Å². The van der Waals surface area contributed by atoms with Crippen LogP contribution in [-0.2, 0) is 17.8 Å². The average Bonchev–Trinajstić information content (AvgIpc) is 3.16. The largest absolute Gasteiger partial charge is 0.340 e. The second-order valence-electron chi connectivity index (χ2n) is 5.29. The smallest absolute Gasteiger partial charge is 0.228 e. The zero-order valence-electron chi connectivity index (χ0n) is 12.8. The van der Waals surface area contributed by atoms with Crippen molar-refractivity contribution in [2.75, 3.05) is 7.05 Å². The summed E-state index contributed by atoms with van der Waals surface area (Å²) in [4.78, 5) is 19.7. The van der Waals surface area contributed by atoms with Gasteiger partial charge in [-0.1, -0.05) is 39.7 Å². The summed E-state index contributed by atoms with van der Waals surface area (Å²) in [5.74, 6) is 0.0469. The van der Waals surface area contributed by atoms with Crippen molar-refractivity contribution >= 4 is 56.1 Å². The van der Waals surface area contributed by atoms with Gasteiger partial charge in [0.15, 0.2) is 0 Å². The molecule has 0 fully saturated rings. The zero-order valence-corrected chi connectivity index (χ0v) is 16.8. The minimum Gasteiger partial charge on any atom is -0.340 e. The average molecular weight is 442 g/mol. The molecule has 0 unspecified atom stereocenters. The third-order valence-electron chi connectivity index (χ3n) is 3.40. The quantitative estimate of drug-likeness (QED) is 0.524. The van der Waals surface area contributed by atoms with Crippen LogP contribution in [-0.4, -0.2) is 22.8 Å². The second-order valence-corrected chi connectivity index (χ2v) is 8.86. The Bertz CT molecular complexity index is 862. The van der Waals surface area contributed by atoms with Gasteiger partial charge in [-0.3, -0.25) is 4.79 Å². The number of hydrogen-bond donors (Lipinski definition) is 0. The standard InChI is InChI=1S/C17H14BrClN2OS2/c1-21(9-14-5-6-15(19)24-14)16(22)8-13-10-23-17(20-13)11-3-2-4-12(18)7-11/h2-7,10H,8-9H2,1H3. The Kier molecular flexibility index (Phi) is 5.71. The lowest BCUT2D eigenvalue weighted by molar-refractivity contribution is -0.129. The molecule has 124 valence electrons. The first-order valence-electron chi connectivity index (χ1n) is 7.20. The van der Waals surface area contributed by atoms with Crippen LogP contribution in [0.1, 0.15) is 10.6 Å². The Labute approximate surface area is 162 Å². The van der Waals surface area contributed by atoms with E-state index in [1.54, 1.807) is 23.3 Å². The van der Waals surface area contributed by atoms with Crippen LogP contribution in [0.3, 0.4) is 0 Å². The molecule has 0 aliphatic carbocycles. The number of rotatable bonds is 5. The van der Waals surface area contributed by atoms with E-state index in [0.717, 1.165) is 30.0 Å². The molecule has 1 amide bonds. The number of aromatic nitrogens is 1. The van der Waals surface area contributed by atoms with Crippen molar-refractivity contribution in [1.29, 1.82) is 0 Å². The summed E-state index contributed by atoms with van der Waals surface area (Å²) >= 11 is 12.4. The lowest BCUT2D eigenvalue weighted by Crippen LogP contribution is -2.27. The van der Waals surface area contributed by atoms with Crippen LogP contribution in [0.5, 0.6) is 0 Å². The molecule has 0 bridgehead atoms. The molecule has 2 heterocycles. The molecule has 0 saturated carbocycles. The van der Waals surface area contributed by atoms with Crippen molar-refractivity contribution in [3.63, 3.8) is 0 Å². The molecule has 0 atom stereocenters. The van der Waals surface area contributed by atoms with E-state index >= 15 is 0 Å². The SMILES string of the molecule is CN(Cc1ccc(Cl)s1)C(=O)Cc1csc(-c2cccc(Br)c2)n1. The summed E-state index contributed by atoms with van der Waals surface area (Å²) in [5.41, 5.74) is 1.85. The molecule has 3 nitrogen and oxygen atoms in total. The number of hydrogen-bond acceptors (Lipinski definition) is 4. The molecule has 1 aromatic carbocycles. The van der Waals surface area contributed by atoms with Gasteiger partial charge >= 0.3 is 0 Å². The van der Waals surface area contributed by atoms with Crippen LogP contribution in [0.2, 0.25) is 4.34 Å². The Balaban J connectivity index is 1.64. The van der Waals surface area contributed by atoms with Crippen LogP contribution in [0.25, 0.3) is 10.6 Å². The molecule has 2 aromatic heterocycles. The highest BCUT2D eigenvalue weighted by molar-refractivity contribution is 9.10. The molecule has 0 spiro atoms. The minimum absolute atomic E-state index is 0.0469. The summed E-state index contributed by atoms with van der Waals surface area (Å²) in [6.45, 7) is 0.568. The van der Waals surface area contributed by atoms with Gasteiger partial charge < -0.3 is 4.90 Å². The first-order valence-corrected chi connectivity index (χ1v) is 10.1. The predicted octanol–water partition coefficient (Wildman–Crippen LogP) is 5.49. The Morgan fingerprint density at radius 2 is 2.17 bits per heavy atom. The highest BCUT2D eigenvalue weighted by Gasteiger charge is 2.14. The highest BCUT2D eigenvalue weighted by Crippen LogP contribution is 2.27. The fourth-order valence-corrected chi connectivity index (χ4v) is 4.55. The van der Waals surface area contributed by atoms with Gasteiger partial charge in [0, 0.05) is 27.3 Å². The van der Waals surface area contributed by atoms with Crippen LogP contribution < -0.4 is 0 Å².